The van der Waals surface area contributed by atoms with Gasteiger partial charge in [-0.2, -0.15) is 0 Å². The molecule has 4 rings (SSSR count). The number of nitrogens with one attached hydrogen (secondary N) is 4. The van der Waals surface area contributed by atoms with E-state index < -0.39 is 12.0 Å². The molecule has 0 amide bonds. The Bertz CT molecular complexity index is 1310. The van der Waals surface area contributed by atoms with E-state index in [1.807, 2.05) is 43.3 Å². The van der Waals surface area contributed by atoms with Gasteiger partial charge in [-0.25, -0.2) is 9.59 Å². The Labute approximate surface area is 238 Å². The van der Waals surface area contributed by atoms with Crippen LogP contribution in [0, 0.1) is 0 Å². The van der Waals surface area contributed by atoms with E-state index in [2.05, 4.69) is 21.3 Å². The first-order valence-electron chi connectivity index (χ1n) is 12.4. The number of carbonyl (C=O) groups excluding carboxylic acids is 2. The molecule has 39 heavy (non-hydrogen) atoms. The zero-order valence-corrected chi connectivity index (χ0v) is 23.8. The summed E-state index contributed by atoms with van der Waals surface area (Å²) in [6.45, 7) is 7.80. The summed E-state index contributed by atoms with van der Waals surface area (Å²) in [7, 11) is 0. The fourth-order valence-electron chi connectivity index (χ4n) is 4.20. The summed E-state index contributed by atoms with van der Waals surface area (Å²) in [6.07, 6.45) is 0. The molecule has 2 aliphatic heterocycles. The summed E-state index contributed by atoms with van der Waals surface area (Å²) in [5.41, 5.74) is 4.15. The molecule has 0 spiro atoms. The van der Waals surface area contributed by atoms with Crippen LogP contribution < -0.4 is 21.3 Å². The Morgan fingerprint density at radius 1 is 0.769 bits per heavy atom. The van der Waals surface area contributed by atoms with Crippen molar-refractivity contribution >= 4 is 46.6 Å². The normalized spacial score (nSPS) is 18.5. The third-order valence-electron chi connectivity index (χ3n) is 5.87. The zero-order chi connectivity index (χ0) is 28.5. The highest BCUT2D eigenvalue weighted by atomic mass is 32.1. The van der Waals surface area contributed by atoms with Crippen molar-refractivity contribution in [3.05, 3.63) is 88.3 Å². The van der Waals surface area contributed by atoms with Gasteiger partial charge in [0.25, 0.3) is 0 Å². The monoisotopic (exact) mass is 568 g/mol. The number of thiocarbonyl (C=S) groups is 2. The molecule has 0 fully saturated rings. The molecule has 2 heterocycles. The van der Waals surface area contributed by atoms with E-state index in [0.29, 0.717) is 40.3 Å². The largest absolute Gasteiger partial charge is 0.508 e. The van der Waals surface area contributed by atoms with Crippen LogP contribution >= 0.6 is 24.4 Å². The Hall–Kier alpha value is -3.96. The van der Waals surface area contributed by atoms with E-state index in [-0.39, 0.29) is 17.8 Å². The van der Waals surface area contributed by atoms with E-state index in [1.165, 1.54) is 0 Å². The quantitative estimate of drug-likeness (QED) is 0.259. The number of ether oxygens (including phenoxy) is 2. The van der Waals surface area contributed by atoms with Gasteiger partial charge in [0.2, 0.25) is 0 Å². The first kappa shape index (κ1) is 29.6. The van der Waals surface area contributed by atoms with Crippen LogP contribution in [-0.4, -0.2) is 40.5 Å². The number of hydrogen-bond donors (Lipinski definition) is 5. The second-order valence-electron chi connectivity index (χ2n) is 8.59. The number of rotatable bonds is 6. The van der Waals surface area contributed by atoms with Gasteiger partial charge in [0, 0.05) is 11.4 Å². The summed E-state index contributed by atoms with van der Waals surface area (Å²) < 4.78 is 10.2. The van der Waals surface area contributed by atoms with Gasteiger partial charge in [-0.15, -0.1) is 0 Å². The minimum atomic E-state index is -0.435. The fourth-order valence-corrected chi connectivity index (χ4v) is 4.74. The van der Waals surface area contributed by atoms with Crippen molar-refractivity contribution in [2.75, 3.05) is 13.2 Å². The lowest BCUT2D eigenvalue weighted by Gasteiger charge is -2.29. The van der Waals surface area contributed by atoms with Crippen molar-refractivity contribution in [3.63, 3.8) is 0 Å². The SMILES string of the molecule is CCOC(=O)C1=C(C)NC(=S)NC1c1cccc(O)c1.CCOC(=O)C1=C(C)NC(=S)NC1c1ccccc1. The maximum atomic E-state index is 12.1. The van der Waals surface area contributed by atoms with Crippen molar-refractivity contribution < 1.29 is 24.2 Å². The lowest BCUT2D eigenvalue weighted by molar-refractivity contribution is -0.140. The smallest absolute Gasteiger partial charge is 0.338 e. The molecule has 0 aromatic heterocycles. The molecule has 0 aliphatic carbocycles. The average molecular weight is 569 g/mol. The summed E-state index contributed by atoms with van der Waals surface area (Å²) in [4.78, 5) is 24.2. The molecular weight excluding hydrogens is 536 g/mol. The predicted molar refractivity (Wildman–Crippen MR) is 156 cm³/mol. The number of carbonyl (C=O) groups is 2. The number of phenols is 1. The second kappa shape index (κ2) is 13.7. The molecule has 2 aliphatic rings. The van der Waals surface area contributed by atoms with Gasteiger partial charge in [0.1, 0.15) is 5.75 Å². The van der Waals surface area contributed by atoms with Crippen molar-refractivity contribution in [1.82, 2.24) is 21.3 Å². The van der Waals surface area contributed by atoms with E-state index in [0.717, 1.165) is 16.8 Å². The fraction of sp³-hybridized carbons (Fsp3) is 0.286. The Morgan fingerprint density at radius 2 is 1.23 bits per heavy atom. The van der Waals surface area contributed by atoms with E-state index in [9.17, 15) is 14.7 Å². The molecule has 2 aromatic rings. The Morgan fingerprint density at radius 3 is 1.69 bits per heavy atom. The van der Waals surface area contributed by atoms with Gasteiger partial charge in [0.15, 0.2) is 10.2 Å². The summed E-state index contributed by atoms with van der Waals surface area (Å²) in [6, 6.07) is 15.7. The highest BCUT2D eigenvalue weighted by Crippen LogP contribution is 2.29. The number of aromatic hydroxyl groups is 1. The van der Waals surface area contributed by atoms with Gasteiger partial charge >= 0.3 is 11.9 Å². The van der Waals surface area contributed by atoms with Gasteiger partial charge < -0.3 is 35.8 Å². The molecule has 0 bridgehead atoms. The van der Waals surface area contributed by atoms with Crippen molar-refractivity contribution in [2.45, 2.75) is 39.8 Å². The number of allylic oxidation sites excluding steroid dienone is 2. The number of esters is 2. The maximum Gasteiger partial charge on any atom is 0.338 e. The molecular formula is C28H32N4O5S2. The molecule has 9 nitrogen and oxygen atoms in total. The molecule has 2 atom stereocenters. The van der Waals surface area contributed by atoms with Crippen LogP contribution in [0.5, 0.6) is 5.75 Å². The first-order valence-corrected chi connectivity index (χ1v) is 13.2. The van der Waals surface area contributed by atoms with E-state index >= 15 is 0 Å². The van der Waals surface area contributed by atoms with Crippen LogP contribution in [0.15, 0.2) is 77.1 Å². The minimum Gasteiger partial charge on any atom is -0.508 e. The van der Waals surface area contributed by atoms with E-state index in [4.69, 9.17) is 33.9 Å². The predicted octanol–water partition coefficient (Wildman–Crippen LogP) is 3.79. The van der Waals surface area contributed by atoms with Crippen LogP contribution in [0.25, 0.3) is 0 Å². The Kier molecular flexibility index (Phi) is 10.4. The summed E-state index contributed by atoms with van der Waals surface area (Å²) in [5, 5.41) is 22.6. The number of benzene rings is 2. The van der Waals surface area contributed by atoms with Crippen molar-refractivity contribution in [3.8, 4) is 5.75 Å². The van der Waals surface area contributed by atoms with Crippen LogP contribution in [0.2, 0.25) is 0 Å². The maximum absolute atomic E-state index is 12.1. The van der Waals surface area contributed by atoms with E-state index in [1.54, 1.807) is 39.0 Å². The first-order chi connectivity index (χ1) is 18.7. The van der Waals surface area contributed by atoms with Crippen LogP contribution in [-0.2, 0) is 19.1 Å². The highest BCUT2D eigenvalue weighted by Gasteiger charge is 2.31. The van der Waals surface area contributed by atoms with Gasteiger partial charge in [-0.1, -0.05) is 42.5 Å². The zero-order valence-electron chi connectivity index (χ0n) is 22.2. The van der Waals surface area contributed by atoms with Crippen molar-refractivity contribution in [1.29, 1.82) is 0 Å². The number of phenolic OH excluding ortho intramolecular Hbond substituents is 1. The highest BCUT2D eigenvalue weighted by molar-refractivity contribution is 7.80. The molecule has 2 aromatic carbocycles. The lowest BCUT2D eigenvalue weighted by atomic mass is 9.95. The Balaban J connectivity index is 0.000000216. The molecule has 0 saturated carbocycles. The second-order valence-corrected chi connectivity index (χ2v) is 9.40. The average Bonchev–Trinajstić information content (AvgIpc) is 2.89. The molecule has 11 heteroatoms. The topological polar surface area (TPSA) is 121 Å². The van der Waals surface area contributed by atoms with Crippen LogP contribution in [0.1, 0.15) is 50.9 Å². The third kappa shape index (κ3) is 7.55. The van der Waals surface area contributed by atoms with Crippen LogP contribution in [0.3, 0.4) is 0 Å². The molecule has 0 radical (unpaired) electrons. The summed E-state index contributed by atoms with van der Waals surface area (Å²) in [5.74, 6) is -0.591. The third-order valence-corrected chi connectivity index (χ3v) is 6.31. The molecule has 5 N–H and O–H groups in total. The van der Waals surface area contributed by atoms with Gasteiger partial charge in [-0.05, 0) is 75.4 Å². The summed E-state index contributed by atoms with van der Waals surface area (Å²) >= 11 is 10.3. The molecule has 0 saturated heterocycles. The van der Waals surface area contributed by atoms with Crippen LogP contribution in [0.4, 0.5) is 0 Å². The standard InChI is InChI=1S/C14H16N2O3S.C14H16N2O2S/c1-3-19-13(18)11-8(2)15-14(20)16-12(11)9-5-4-6-10(17)7-9;1-3-18-13(17)11-9(2)15-14(19)16-12(11)10-7-5-4-6-8-10/h4-7,12,17H,3H2,1-2H3,(H2,15,16,20);4-8,12H,3H2,1-2H3,(H2,15,16,19). The lowest BCUT2D eigenvalue weighted by Crippen LogP contribution is -2.45. The number of hydrogen-bond acceptors (Lipinski definition) is 7. The molecule has 2 unspecified atom stereocenters. The minimum absolute atomic E-state index is 0.134. The van der Waals surface area contributed by atoms with Crippen molar-refractivity contribution in [2.24, 2.45) is 0 Å². The molecule has 206 valence electrons. The van der Waals surface area contributed by atoms with Gasteiger partial charge in [0.05, 0.1) is 36.4 Å². The van der Waals surface area contributed by atoms with Gasteiger partial charge in [-0.3, -0.25) is 0 Å².